The number of aromatic hydroxyl groups is 2. The number of fused-ring (bicyclic) bond motifs is 2. The van der Waals surface area contributed by atoms with Gasteiger partial charge in [0.15, 0.2) is 0 Å². The Hall–Kier alpha value is -2.22. The van der Waals surface area contributed by atoms with E-state index in [4.69, 9.17) is 4.74 Å². The Morgan fingerprint density at radius 1 is 0.736 bits per heavy atom. The van der Waals surface area contributed by atoms with Crippen molar-refractivity contribution in [3.63, 3.8) is 0 Å². The van der Waals surface area contributed by atoms with Crippen LogP contribution in [0.4, 0.5) is 0 Å². The molecular formula is C41H53N2NaO9. The number of hydrogen-bond donors (Lipinski definition) is 5. The van der Waals surface area contributed by atoms with E-state index in [1.165, 1.54) is 43.9 Å². The molecule has 2 saturated heterocycles. The molecule has 4 bridgehead atoms. The molecule has 6 aliphatic carbocycles. The number of rotatable bonds is 6. The first kappa shape index (κ1) is 39.0. The van der Waals surface area contributed by atoms with E-state index in [9.17, 15) is 35.1 Å². The Morgan fingerprint density at radius 3 is 1.58 bits per heavy atom. The molecule has 10 rings (SSSR count). The fourth-order valence-corrected chi connectivity index (χ4v) is 12.2. The number of phenols is 2. The van der Waals surface area contributed by atoms with Crippen molar-refractivity contribution in [3.05, 3.63) is 58.7 Å². The molecule has 12 heteroatoms. The quantitative estimate of drug-likeness (QED) is 0.208. The van der Waals surface area contributed by atoms with Crippen LogP contribution in [-0.4, -0.2) is 109 Å². The molecule has 6 fully saturated rings. The molecule has 8 aliphatic rings. The zero-order valence-corrected chi connectivity index (χ0v) is 33.0. The van der Waals surface area contributed by atoms with Crippen molar-refractivity contribution in [2.75, 3.05) is 33.3 Å². The van der Waals surface area contributed by atoms with Crippen LogP contribution in [0.3, 0.4) is 0 Å². The third kappa shape index (κ3) is 5.99. The monoisotopic (exact) mass is 740 g/mol. The summed E-state index contributed by atoms with van der Waals surface area (Å²) in [5, 5.41) is 53.6. The number of phenolic OH excluding ortho intramolecular Hbond substituents is 2. The average molecular weight is 741 g/mol. The van der Waals surface area contributed by atoms with Crippen LogP contribution in [0.1, 0.15) is 86.5 Å². The normalized spacial score (nSPS) is 37.6. The number of carbonyl (C=O) groups is 2. The van der Waals surface area contributed by atoms with E-state index in [-0.39, 0.29) is 70.5 Å². The number of aliphatic hydroxyl groups is 2. The molecule has 2 heterocycles. The van der Waals surface area contributed by atoms with Crippen LogP contribution in [0, 0.1) is 23.7 Å². The first-order valence-electron chi connectivity index (χ1n) is 19.3. The topological polar surface area (TPSA) is 181 Å². The molecule has 0 unspecified atom stereocenters. The minimum absolute atomic E-state index is 0. The van der Waals surface area contributed by atoms with E-state index in [1.54, 1.807) is 18.2 Å². The first-order chi connectivity index (χ1) is 24.4. The Morgan fingerprint density at radius 2 is 1.17 bits per heavy atom. The third-order valence-corrected chi connectivity index (χ3v) is 14.9. The number of carboxylic acid groups (broad SMARTS) is 1. The molecule has 8 atom stereocenters. The molecule has 2 aliphatic heterocycles. The van der Waals surface area contributed by atoms with Gasteiger partial charge in [0.25, 0.3) is 0 Å². The summed E-state index contributed by atoms with van der Waals surface area (Å²) < 4.78 is 5.03. The molecule has 0 amide bonds. The van der Waals surface area contributed by atoms with Gasteiger partial charge in [0.2, 0.25) is 0 Å². The number of methoxy groups -OCH3 is 1. The van der Waals surface area contributed by atoms with Gasteiger partial charge in [-0.05, 0) is 148 Å². The Balaban J connectivity index is 0.000000158. The summed E-state index contributed by atoms with van der Waals surface area (Å²) in [6.07, 6.45) is 10.1. The van der Waals surface area contributed by atoms with Crippen LogP contribution in [0.25, 0.3) is 0 Å². The molecular weight excluding hydrogens is 687 g/mol. The van der Waals surface area contributed by atoms with Gasteiger partial charge in [0.05, 0.1) is 30.1 Å². The molecule has 0 radical (unpaired) electrons. The van der Waals surface area contributed by atoms with Crippen molar-refractivity contribution >= 4 is 11.9 Å². The van der Waals surface area contributed by atoms with Gasteiger partial charge in [-0.2, -0.15) is 0 Å². The minimum Gasteiger partial charge on any atom is -0.870 e. The number of piperidine rings is 2. The molecule has 2 aromatic carbocycles. The molecule has 282 valence electrons. The Labute approximate surface area is 333 Å². The molecule has 53 heavy (non-hydrogen) atoms. The van der Waals surface area contributed by atoms with Crippen LogP contribution >= 0.6 is 0 Å². The predicted octanol–water partition coefficient (Wildman–Crippen LogP) is 0.708. The molecule has 0 aromatic heterocycles. The van der Waals surface area contributed by atoms with Crippen molar-refractivity contribution in [3.8, 4) is 11.5 Å². The minimum atomic E-state index is -1.01. The second-order valence-electron chi connectivity index (χ2n) is 17.6. The Kier molecular flexibility index (Phi) is 10.1. The van der Waals surface area contributed by atoms with Gasteiger partial charge in [-0.1, -0.05) is 12.1 Å². The van der Waals surface area contributed by atoms with Crippen LogP contribution in [-0.2, 0) is 38.0 Å². The van der Waals surface area contributed by atoms with Gasteiger partial charge in [0.1, 0.15) is 11.5 Å². The third-order valence-electron chi connectivity index (χ3n) is 14.9. The number of ether oxygens (including phenoxy) is 1. The van der Waals surface area contributed by atoms with Crippen LogP contribution in [0.5, 0.6) is 11.5 Å². The largest absolute Gasteiger partial charge is 1.00 e. The maximum atomic E-state index is 12.3. The first-order valence-corrected chi connectivity index (χ1v) is 19.3. The molecule has 11 nitrogen and oxygen atoms in total. The number of carboxylic acids is 1. The van der Waals surface area contributed by atoms with Gasteiger partial charge < -0.3 is 35.7 Å². The van der Waals surface area contributed by atoms with Crippen LogP contribution < -0.4 is 29.6 Å². The summed E-state index contributed by atoms with van der Waals surface area (Å²) in [4.78, 5) is 29.0. The van der Waals surface area contributed by atoms with E-state index >= 15 is 0 Å². The summed E-state index contributed by atoms with van der Waals surface area (Å²) in [5.41, 5.74) is 1.48. The van der Waals surface area contributed by atoms with Gasteiger partial charge >= 0.3 is 41.5 Å². The average Bonchev–Trinajstić information content (AvgIpc) is 4.03. The second kappa shape index (κ2) is 13.8. The fraction of sp³-hybridized carbons (Fsp3) is 0.659. The van der Waals surface area contributed by atoms with Gasteiger partial charge in [-0.15, -0.1) is 0 Å². The number of nitrogens with zero attached hydrogens (tertiary/aromatic N) is 2. The zero-order chi connectivity index (χ0) is 35.5. The predicted molar refractivity (Wildman–Crippen MR) is 189 cm³/mol. The van der Waals surface area contributed by atoms with Gasteiger partial charge in [-0.3, -0.25) is 19.4 Å². The second-order valence-corrected chi connectivity index (χ2v) is 17.6. The molecule has 6 N–H and O–H groups in total. The van der Waals surface area contributed by atoms with Crippen LogP contribution in [0.2, 0.25) is 0 Å². The number of hydrogen-bond acceptors (Lipinski definition) is 10. The number of esters is 1. The van der Waals surface area contributed by atoms with E-state index in [2.05, 4.69) is 9.80 Å². The van der Waals surface area contributed by atoms with E-state index < -0.39 is 33.9 Å². The number of likely N-dealkylation sites (tertiary alicyclic amines) is 2. The summed E-state index contributed by atoms with van der Waals surface area (Å²) in [5.74, 6) is 0.137. The standard InChI is InChI=1S/C21H27NO4.C20H25NO4.Na.H2O/c1-26-19(24)15-10-20-6-7-22(12-13-2-3-13)18(21(20,25)11-15)8-14-4-5-16(23)9-17(14)20;22-15-4-3-13-7-17-20(25)10-14(18(23)24)9-19(20,16(13)8-15)5-6-21(17)11-12-1-2-12;;/h4-5,9,13,15,18,23,25H,2-3,6-8,10-12H2,1H3;3-4,8,12,14,17,22,25H,1-2,5-7,9-11H2,(H,23,24);;1H2/q;;+1;/p-1/t15-,18-,20-,21-;14-,17-,19-,20-;;/m11../s1. The fourth-order valence-electron chi connectivity index (χ4n) is 12.2. The van der Waals surface area contributed by atoms with Gasteiger partial charge in [-0.25, -0.2) is 0 Å². The summed E-state index contributed by atoms with van der Waals surface area (Å²) in [6.45, 7) is 3.94. The van der Waals surface area contributed by atoms with E-state index in [0.717, 1.165) is 74.8 Å². The SMILES string of the molecule is COC(=O)[C@@H]1C[C@]23CCN(CC4CC4)[C@H](Cc4ccc(O)cc42)[C@]3(O)C1.O=C(O)[C@@H]1C[C@]23CCN(CC4CC4)[C@H](Cc4ccc(O)cc42)[C@]3(O)C1.[Na+].[OH-]. The summed E-state index contributed by atoms with van der Waals surface area (Å²) in [6, 6.07) is 11.1. The van der Waals surface area contributed by atoms with Crippen molar-refractivity contribution in [1.29, 1.82) is 0 Å². The maximum absolute atomic E-state index is 12.3. The van der Waals surface area contributed by atoms with Crippen molar-refractivity contribution < 1.29 is 74.9 Å². The molecule has 2 aromatic rings. The number of benzene rings is 2. The van der Waals surface area contributed by atoms with Crippen LogP contribution in [0.15, 0.2) is 36.4 Å². The van der Waals surface area contributed by atoms with Crippen molar-refractivity contribution in [1.82, 2.24) is 9.80 Å². The van der Waals surface area contributed by atoms with E-state index in [1.807, 2.05) is 18.2 Å². The van der Waals surface area contributed by atoms with Crippen molar-refractivity contribution in [2.45, 2.75) is 111 Å². The van der Waals surface area contributed by atoms with Gasteiger partial charge in [0, 0.05) is 36.0 Å². The summed E-state index contributed by atoms with van der Waals surface area (Å²) in [7, 11) is 1.43. The maximum Gasteiger partial charge on any atom is 1.00 e. The number of carbonyl (C=O) groups excluding carboxylic acids is 1. The smallest absolute Gasteiger partial charge is 0.870 e. The molecule has 0 spiro atoms. The number of aliphatic carboxylic acids is 1. The molecule has 4 saturated carbocycles. The Bertz CT molecular complexity index is 1770. The van der Waals surface area contributed by atoms with E-state index in [0.29, 0.717) is 25.7 Å². The summed E-state index contributed by atoms with van der Waals surface area (Å²) >= 11 is 0. The zero-order valence-electron chi connectivity index (χ0n) is 31.0. The van der Waals surface area contributed by atoms with Crippen molar-refractivity contribution in [2.24, 2.45) is 23.7 Å².